The SMILES string of the molecule is CCCCC(C)NS(=O)(=O)c1cc(C)c(F)c(CNC)c1. The van der Waals surface area contributed by atoms with Gasteiger partial charge in [0.1, 0.15) is 5.82 Å². The van der Waals surface area contributed by atoms with Gasteiger partial charge in [0.05, 0.1) is 4.90 Å². The molecule has 1 unspecified atom stereocenters. The number of hydrogen-bond donors (Lipinski definition) is 2. The smallest absolute Gasteiger partial charge is 0.240 e. The average molecular weight is 316 g/mol. The first-order chi connectivity index (χ1) is 9.81. The van der Waals surface area contributed by atoms with Crippen molar-refractivity contribution in [2.45, 2.75) is 57.5 Å². The molecule has 6 heteroatoms. The molecule has 120 valence electrons. The van der Waals surface area contributed by atoms with Crippen LogP contribution in [-0.2, 0) is 16.6 Å². The van der Waals surface area contributed by atoms with E-state index in [0.29, 0.717) is 17.7 Å². The van der Waals surface area contributed by atoms with Crippen molar-refractivity contribution < 1.29 is 12.8 Å². The summed E-state index contributed by atoms with van der Waals surface area (Å²) in [4.78, 5) is 0.120. The van der Waals surface area contributed by atoms with Crippen LogP contribution in [0.15, 0.2) is 17.0 Å². The van der Waals surface area contributed by atoms with Crippen LogP contribution in [0.4, 0.5) is 4.39 Å². The Bertz CT molecular complexity index is 573. The standard InChI is InChI=1S/C15H25FN2O2S/c1-5-6-7-12(3)18-21(19,20)14-8-11(2)15(16)13(9-14)10-17-4/h8-9,12,17-18H,5-7,10H2,1-4H3. The third kappa shape index (κ3) is 5.05. The molecule has 1 rings (SSSR count). The number of halogens is 1. The quantitative estimate of drug-likeness (QED) is 0.775. The van der Waals surface area contributed by atoms with Gasteiger partial charge in [0, 0.05) is 18.2 Å². The van der Waals surface area contributed by atoms with Crippen LogP contribution in [0, 0.1) is 12.7 Å². The molecule has 0 aliphatic rings. The lowest BCUT2D eigenvalue weighted by Gasteiger charge is -2.15. The highest BCUT2D eigenvalue weighted by atomic mass is 32.2. The molecule has 21 heavy (non-hydrogen) atoms. The summed E-state index contributed by atoms with van der Waals surface area (Å²) in [6, 6.07) is 2.64. The molecule has 0 saturated carbocycles. The molecule has 0 saturated heterocycles. The first-order valence-corrected chi connectivity index (χ1v) is 8.76. The van der Waals surface area contributed by atoms with Gasteiger partial charge in [-0.2, -0.15) is 0 Å². The van der Waals surface area contributed by atoms with Gasteiger partial charge in [-0.25, -0.2) is 17.5 Å². The van der Waals surface area contributed by atoms with Crippen LogP contribution in [0.25, 0.3) is 0 Å². The highest BCUT2D eigenvalue weighted by Gasteiger charge is 2.20. The van der Waals surface area contributed by atoms with Gasteiger partial charge in [0.2, 0.25) is 10.0 Å². The Kier molecular flexibility index (Phi) is 6.77. The molecule has 0 fully saturated rings. The highest BCUT2D eigenvalue weighted by molar-refractivity contribution is 7.89. The van der Waals surface area contributed by atoms with E-state index in [1.54, 1.807) is 14.0 Å². The average Bonchev–Trinajstić information content (AvgIpc) is 2.41. The summed E-state index contributed by atoms with van der Waals surface area (Å²) in [6.07, 6.45) is 2.78. The number of rotatable bonds is 8. The Morgan fingerprint density at radius 3 is 2.57 bits per heavy atom. The summed E-state index contributed by atoms with van der Waals surface area (Å²) >= 11 is 0. The summed E-state index contributed by atoms with van der Waals surface area (Å²) in [5, 5.41) is 2.84. The van der Waals surface area contributed by atoms with Crippen molar-refractivity contribution in [3.63, 3.8) is 0 Å². The Hall–Kier alpha value is -0.980. The van der Waals surface area contributed by atoms with Crippen molar-refractivity contribution in [2.24, 2.45) is 0 Å². The van der Waals surface area contributed by atoms with E-state index in [-0.39, 0.29) is 16.8 Å². The molecule has 0 spiro atoms. The van der Waals surface area contributed by atoms with Gasteiger partial charge >= 0.3 is 0 Å². The second-order valence-corrected chi connectivity index (χ2v) is 7.12. The largest absolute Gasteiger partial charge is 0.316 e. The molecule has 0 amide bonds. The molecule has 4 nitrogen and oxygen atoms in total. The Labute approximate surface area is 127 Å². The van der Waals surface area contributed by atoms with Gasteiger partial charge in [0.15, 0.2) is 0 Å². The number of hydrogen-bond acceptors (Lipinski definition) is 3. The van der Waals surface area contributed by atoms with Gasteiger partial charge in [-0.05, 0) is 45.0 Å². The maximum atomic E-state index is 13.9. The minimum Gasteiger partial charge on any atom is -0.316 e. The van der Waals surface area contributed by atoms with E-state index < -0.39 is 10.0 Å². The van der Waals surface area contributed by atoms with Gasteiger partial charge in [0.25, 0.3) is 0 Å². The zero-order chi connectivity index (χ0) is 16.0. The zero-order valence-electron chi connectivity index (χ0n) is 13.2. The van der Waals surface area contributed by atoms with E-state index in [2.05, 4.69) is 17.0 Å². The molecule has 0 aliphatic heterocycles. The lowest BCUT2D eigenvalue weighted by atomic mass is 10.1. The second kappa shape index (κ2) is 7.87. The molecule has 0 radical (unpaired) electrons. The van der Waals surface area contributed by atoms with E-state index in [1.165, 1.54) is 12.1 Å². The molecule has 2 N–H and O–H groups in total. The van der Waals surface area contributed by atoms with Gasteiger partial charge in [-0.3, -0.25) is 0 Å². The molecule has 0 aliphatic carbocycles. The molecular formula is C15H25FN2O2S. The molecule has 0 aromatic heterocycles. The number of nitrogens with one attached hydrogen (secondary N) is 2. The minimum atomic E-state index is -3.61. The summed E-state index contributed by atoms with van der Waals surface area (Å²) in [6.45, 7) is 5.78. The number of aryl methyl sites for hydroxylation is 1. The first-order valence-electron chi connectivity index (χ1n) is 7.27. The fourth-order valence-corrected chi connectivity index (χ4v) is 3.60. The van der Waals surface area contributed by atoms with Crippen LogP contribution in [0.5, 0.6) is 0 Å². The Morgan fingerprint density at radius 1 is 1.33 bits per heavy atom. The van der Waals surface area contributed by atoms with Crippen molar-refractivity contribution in [3.05, 3.63) is 29.1 Å². The van der Waals surface area contributed by atoms with Gasteiger partial charge in [-0.15, -0.1) is 0 Å². The van der Waals surface area contributed by atoms with Crippen molar-refractivity contribution in [1.82, 2.24) is 10.0 Å². The highest BCUT2D eigenvalue weighted by Crippen LogP contribution is 2.20. The van der Waals surface area contributed by atoms with Gasteiger partial charge < -0.3 is 5.32 Å². The fraction of sp³-hybridized carbons (Fsp3) is 0.600. The second-order valence-electron chi connectivity index (χ2n) is 5.41. The monoisotopic (exact) mass is 316 g/mol. The van der Waals surface area contributed by atoms with Crippen molar-refractivity contribution in [1.29, 1.82) is 0 Å². The van der Waals surface area contributed by atoms with E-state index in [4.69, 9.17) is 0 Å². The summed E-state index contributed by atoms with van der Waals surface area (Å²) < 4.78 is 41.3. The maximum Gasteiger partial charge on any atom is 0.240 e. The van der Waals surface area contributed by atoms with Crippen LogP contribution >= 0.6 is 0 Å². The topological polar surface area (TPSA) is 58.2 Å². The van der Waals surface area contributed by atoms with E-state index in [1.807, 2.05) is 6.92 Å². The lowest BCUT2D eigenvalue weighted by molar-refractivity contribution is 0.533. The van der Waals surface area contributed by atoms with E-state index in [0.717, 1.165) is 19.3 Å². The Morgan fingerprint density at radius 2 is 2.00 bits per heavy atom. The fourth-order valence-electron chi connectivity index (χ4n) is 2.18. The van der Waals surface area contributed by atoms with Crippen LogP contribution in [0.2, 0.25) is 0 Å². The third-order valence-electron chi connectivity index (χ3n) is 3.33. The zero-order valence-corrected chi connectivity index (χ0v) is 14.0. The predicted octanol–water partition coefficient (Wildman–Crippen LogP) is 2.71. The molecule has 1 aromatic carbocycles. The minimum absolute atomic E-state index is 0.120. The van der Waals surface area contributed by atoms with Crippen LogP contribution < -0.4 is 10.0 Å². The summed E-state index contributed by atoms with van der Waals surface area (Å²) in [7, 11) is -1.92. The van der Waals surface area contributed by atoms with Gasteiger partial charge in [-0.1, -0.05) is 19.8 Å². The Balaban J connectivity index is 3.02. The molecule has 1 atom stereocenters. The molecular weight excluding hydrogens is 291 g/mol. The van der Waals surface area contributed by atoms with Crippen LogP contribution in [0.3, 0.4) is 0 Å². The van der Waals surface area contributed by atoms with E-state index >= 15 is 0 Å². The third-order valence-corrected chi connectivity index (χ3v) is 4.90. The van der Waals surface area contributed by atoms with Crippen LogP contribution in [-0.4, -0.2) is 21.5 Å². The number of benzene rings is 1. The summed E-state index contributed by atoms with van der Waals surface area (Å²) in [5.41, 5.74) is 0.698. The molecule has 0 heterocycles. The number of unbranched alkanes of at least 4 members (excludes halogenated alkanes) is 1. The molecule has 0 bridgehead atoms. The van der Waals surface area contributed by atoms with Crippen molar-refractivity contribution in [2.75, 3.05) is 7.05 Å². The lowest BCUT2D eigenvalue weighted by Crippen LogP contribution is -2.32. The predicted molar refractivity (Wildman–Crippen MR) is 83.2 cm³/mol. The first kappa shape index (κ1) is 18.1. The maximum absolute atomic E-state index is 13.9. The van der Waals surface area contributed by atoms with Crippen LogP contribution in [0.1, 0.15) is 44.2 Å². The summed E-state index contributed by atoms with van der Waals surface area (Å²) in [5.74, 6) is -0.359. The van der Waals surface area contributed by atoms with Crippen molar-refractivity contribution >= 4 is 10.0 Å². The molecule has 1 aromatic rings. The van der Waals surface area contributed by atoms with Crippen molar-refractivity contribution in [3.8, 4) is 0 Å². The number of sulfonamides is 1. The normalized spacial score (nSPS) is 13.4. The van der Waals surface area contributed by atoms with E-state index in [9.17, 15) is 12.8 Å².